The summed E-state index contributed by atoms with van der Waals surface area (Å²) < 4.78 is 10.3. The fourth-order valence-corrected chi connectivity index (χ4v) is 1.56. The Labute approximate surface area is 97.0 Å². The van der Waals surface area contributed by atoms with E-state index in [2.05, 4.69) is 0 Å². The maximum atomic E-state index is 9.43. The van der Waals surface area contributed by atoms with Gasteiger partial charge in [0, 0.05) is 13.2 Å². The standard InChI is InChI=1S/C13H20O3/c1-3-16-9-5-4-6-11-7-8-12(14)13(10-11)15-2/h7-8,10,14H,3-6,9H2,1-2H3. The number of phenols is 1. The van der Waals surface area contributed by atoms with Crippen molar-refractivity contribution in [3.8, 4) is 11.5 Å². The van der Waals surface area contributed by atoms with E-state index in [0.717, 1.165) is 32.5 Å². The quantitative estimate of drug-likeness (QED) is 0.724. The monoisotopic (exact) mass is 224 g/mol. The number of hydrogen-bond donors (Lipinski definition) is 1. The van der Waals surface area contributed by atoms with E-state index in [9.17, 15) is 5.11 Å². The first-order chi connectivity index (χ1) is 7.77. The first-order valence-corrected chi connectivity index (χ1v) is 5.71. The molecule has 0 atom stereocenters. The van der Waals surface area contributed by atoms with Gasteiger partial charge in [0.05, 0.1) is 7.11 Å². The number of methoxy groups -OCH3 is 1. The largest absolute Gasteiger partial charge is 0.504 e. The molecule has 3 nitrogen and oxygen atoms in total. The highest BCUT2D eigenvalue weighted by Crippen LogP contribution is 2.26. The van der Waals surface area contributed by atoms with E-state index in [1.165, 1.54) is 5.56 Å². The summed E-state index contributed by atoms with van der Waals surface area (Å²) >= 11 is 0. The molecular formula is C13H20O3. The fourth-order valence-electron chi connectivity index (χ4n) is 1.56. The summed E-state index contributed by atoms with van der Waals surface area (Å²) in [6.45, 7) is 3.61. The highest BCUT2D eigenvalue weighted by Gasteiger charge is 2.02. The Morgan fingerprint density at radius 3 is 2.75 bits per heavy atom. The van der Waals surface area contributed by atoms with Crippen molar-refractivity contribution in [3.05, 3.63) is 23.8 Å². The van der Waals surface area contributed by atoms with Crippen molar-refractivity contribution in [3.63, 3.8) is 0 Å². The summed E-state index contributed by atoms with van der Waals surface area (Å²) in [6.07, 6.45) is 3.15. The Balaban J connectivity index is 2.36. The third-order valence-corrected chi connectivity index (χ3v) is 2.45. The molecule has 0 saturated heterocycles. The van der Waals surface area contributed by atoms with Crippen LogP contribution in [0.3, 0.4) is 0 Å². The van der Waals surface area contributed by atoms with Crippen LogP contribution in [0.1, 0.15) is 25.3 Å². The zero-order valence-electron chi connectivity index (χ0n) is 10.0. The molecule has 0 amide bonds. The number of rotatable bonds is 7. The molecule has 0 bridgehead atoms. The van der Waals surface area contributed by atoms with Crippen molar-refractivity contribution in [1.29, 1.82) is 0 Å². The van der Waals surface area contributed by atoms with Crippen LogP contribution < -0.4 is 4.74 Å². The molecule has 1 aromatic rings. The Hall–Kier alpha value is -1.22. The highest BCUT2D eigenvalue weighted by molar-refractivity contribution is 5.41. The van der Waals surface area contributed by atoms with Crippen molar-refractivity contribution in [2.24, 2.45) is 0 Å². The second-order valence-corrected chi connectivity index (χ2v) is 3.66. The van der Waals surface area contributed by atoms with Gasteiger partial charge < -0.3 is 14.6 Å². The SMILES string of the molecule is CCOCCCCc1ccc(O)c(OC)c1. The van der Waals surface area contributed by atoms with Crippen LogP contribution in [-0.4, -0.2) is 25.4 Å². The van der Waals surface area contributed by atoms with E-state index >= 15 is 0 Å². The Morgan fingerprint density at radius 2 is 2.06 bits per heavy atom. The molecule has 1 aromatic carbocycles. The molecule has 0 unspecified atom stereocenters. The van der Waals surface area contributed by atoms with Crippen LogP contribution in [0.15, 0.2) is 18.2 Å². The van der Waals surface area contributed by atoms with Gasteiger partial charge >= 0.3 is 0 Å². The van der Waals surface area contributed by atoms with Gasteiger partial charge in [-0.15, -0.1) is 0 Å². The van der Waals surface area contributed by atoms with Crippen molar-refractivity contribution in [1.82, 2.24) is 0 Å². The topological polar surface area (TPSA) is 38.7 Å². The molecule has 0 aromatic heterocycles. The summed E-state index contributed by atoms with van der Waals surface area (Å²) in [6, 6.07) is 5.49. The number of aryl methyl sites for hydroxylation is 1. The molecule has 0 aliphatic heterocycles. The minimum Gasteiger partial charge on any atom is -0.504 e. The number of aromatic hydroxyl groups is 1. The van der Waals surface area contributed by atoms with E-state index in [1.54, 1.807) is 13.2 Å². The highest BCUT2D eigenvalue weighted by atomic mass is 16.5. The van der Waals surface area contributed by atoms with E-state index in [0.29, 0.717) is 5.75 Å². The Kier molecular flexibility index (Phi) is 5.72. The van der Waals surface area contributed by atoms with Gasteiger partial charge in [-0.1, -0.05) is 6.07 Å². The molecule has 1 rings (SSSR count). The molecule has 0 aliphatic carbocycles. The maximum absolute atomic E-state index is 9.43. The van der Waals surface area contributed by atoms with Crippen molar-refractivity contribution >= 4 is 0 Å². The van der Waals surface area contributed by atoms with Crippen molar-refractivity contribution in [2.45, 2.75) is 26.2 Å². The number of benzene rings is 1. The summed E-state index contributed by atoms with van der Waals surface area (Å²) in [5, 5.41) is 9.43. The van der Waals surface area contributed by atoms with Gasteiger partial charge in [0.2, 0.25) is 0 Å². The van der Waals surface area contributed by atoms with Gasteiger partial charge in [-0.25, -0.2) is 0 Å². The van der Waals surface area contributed by atoms with Gasteiger partial charge in [-0.05, 0) is 43.9 Å². The summed E-state index contributed by atoms with van der Waals surface area (Å²) in [5.74, 6) is 0.739. The third-order valence-electron chi connectivity index (χ3n) is 2.45. The second kappa shape index (κ2) is 7.12. The van der Waals surface area contributed by atoms with Crippen LogP contribution in [0.4, 0.5) is 0 Å². The molecule has 0 aliphatic rings. The maximum Gasteiger partial charge on any atom is 0.160 e. The summed E-state index contributed by atoms with van der Waals surface area (Å²) in [4.78, 5) is 0. The lowest BCUT2D eigenvalue weighted by atomic mass is 10.1. The summed E-state index contributed by atoms with van der Waals surface area (Å²) in [7, 11) is 1.56. The van der Waals surface area contributed by atoms with E-state index in [4.69, 9.17) is 9.47 Å². The van der Waals surface area contributed by atoms with Gasteiger partial charge in [-0.3, -0.25) is 0 Å². The molecule has 0 spiro atoms. The van der Waals surface area contributed by atoms with Gasteiger partial charge in [0.1, 0.15) is 0 Å². The predicted molar refractivity (Wildman–Crippen MR) is 64.1 cm³/mol. The van der Waals surface area contributed by atoms with Crippen LogP contribution >= 0.6 is 0 Å². The lowest BCUT2D eigenvalue weighted by molar-refractivity contribution is 0.143. The molecule has 1 N–H and O–H groups in total. The molecule has 0 fully saturated rings. The minimum atomic E-state index is 0.195. The Morgan fingerprint density at radius 1 is 1.25 bits per heavy atom. The normalized spacial score (nSPS) is 10.4. The van der Waals surface area contributed by atoms with Crippen LogP contribution in [-0.2, 0) is 11.2 Å². The zero-order valence-corrected chi connectivity index (χ0v) is 10.0. The molecule has 0 radical (unpaired) electrons. The molecule has 16 heavy (non-hydrogen) atoms. The average molecular weight is 224 g/mol. The Bertz CT molecular complexity index is 310. The lowest BCUT2D eigenvalue weighted by Crippen LogP contribution is -1.95. The molecule has 90 valence electrons. The predicted octanol–water partition coefficient (Wildman–Crippen LogP) is 2.76. The van der Waals surface area contributed by atoms with Gasteiger partial charge in [0.25, 0.3) is 0 Å². The van der Waals surface area contributed by atoms with Crippen LogP contribution in [0.5, 0.6) is 11.5 Å². The zero-order chi connectivity index (χ0) is 11.8. The second-order valence-electron chi connectivity index (χ2n) is 3.66. The van der Waals surface area contributed by atoms with E-state index in [-0.39, 0.29) is 5.75 Å². The number of unbranched alkanes of at least 4 members (excludes halogenated alkanes) is 1. The molecular weight excluding hydrogens is 204 g/mol. The van der Waals surface area contributed by atoms with Crippen LogP contribution in [0.25, 0.3) is 0 Å². The van der Waals surface area contributed by atoms with Crippen molar-refractivity contribution < 1.29 is 14.6 Å². The van der Waals surface area contributed by atoms with Gasteiger partial charge in [-0.2, -0.15) is 0 Å². The summed E-state index contributed by atoms with van der Waals surface area (Å²) in [5.41, 5.74) is 1.19. The number of hydrogen-bond acceptors (Lipinski definition) is 3. The van der Waals surface area contributed by atoms with E-state index < -0.39 is 0 Å². The van der Waals surface area contributed by atoms with Crippen LogP contribution in [0.2, 0.25) is 0 Å². The lowest BCUT2D eigenvalue weighted by Gasteiger charge is -2.06. The first-order valence-electron chi connectivity index (χ1n) is 5.71. The fraction of sp³-hybridized carbons (Fsp3) is 0.538. The smallest absolute Gasteiger partial charge is 0.160 e. The minimum absolute atomic E-state index is 0.195. The average Bonchev–Trinajstić information content (AvgIpc) is 2.31. The third kappa shape index (κ3) is 4.11. The number of ether oxygens (including phenoxy) is 2. The van der Waals surface area contributed by atoms with E-state index in [1.807, 2.05) is 19.1 Å². The van der Waals surface area contributed by atoms with Gasteiger partial charge in [0.15, 0.2) is 11.5 Å². The molecule has 3 heteroatoms. The first kappa shape index (κ1) is 12.8. The van der Waals surface area contributed by atoms with Crippen LogP contribution in [0, 0.1) is 0 Å². The number of phenolic OH excluding ortho intramolecular Hbond substituents is 1. The van der Waals surface area contributed by atoms with Crippen molar-refractivity contribution in [2.75, 3.05) is 20.3 Å². The molecule has 0 heterocycles. The molecule has 0 saturated carbocycles.